The van der Waals surface area contributed by atoms with Crippen LogP contribution in [-0.2, 0) is 0 Å². The molecule has 0 aliphatic heterocycles. The lowest BCUT2D eigenvalue weighted by atomic mass is 10.5. The first-order valence-corrected chi connectivity index (χ1v) is 3.50. The van der Waals surface area contributed by atoms with Crippen molar-refractivity contribution in [3.05, 3.63) is 22.7 Å². The molecule has 0 bridgehead atoms. The van der Waals surface area contributed by atoms with Gasteiger partial charge in [0.15, 0.2) is 6.07 Å². The van der Waals surface area contributed by atoms with Gasteiger partial charge < -0.3 is 0 Å². The number of nitrogens with zero attached hydrogens (tertiary/aromatic N) is 3. The van der Waals surface area contributed by atoms with E-state index in [-0.39, 0.29) is 0 Å². The van der Waals surface area contributed by atoms with Crippen LogP contribution in [0.1, 0.15) is 5.82 Å². The van der Waals surface area contributed by atoms with Gasteiger partial charge in [0.05, 0.1) is 4.47 Å². The van der Waals surface area contributed by atoms with Gasteiger partial charge in [0.2, 0.25) is 5.82 Å². The van der Waals surface area contributed by atoms with Crippen molar-refractivity contribution in [2.75, 3.05) is 0 Å². The van der Waals surface area contributed by atoms with Gasteiger partial charge >= 0.3 is 0 Å². The number of hydrogen-bond acceptors (Lipinski definition) is 3. The lowest BCUT2D eigenvalue weighted by Gasteiger charge is -1.86. The normalized spacial score (nSPS) is 7.64. The topological polar surface area (TPSA) is 49.6 Å². The standard InChI is InChI=1S/C7H2BrN3/c8-6-4-10-7(11-5-6)2-1-3-9/h4-5H. The largest absolute Gasteiger partial charge is 0.228 e. The summed E-state index contributed by atoms with van der Waals surface area (Å²) in [5.41, 5.74) is 0. The Morgan fingerprint density at radius 1 is 1.36 bits per heavy atom. The summed E-state index contributed by atoms with van der Waals surface area (Å²) in [7, 11) is 0. The van der Waals surface area contributed by atoms with Gasteiger partial charge in [0.1, 0.15) is 0 Å². The van der Waals surface area contributed by atoms with E-state index in [9.17, 15) is 0 Å². The zero-order valence-electron chi connectivity index (χ0n) is 5.37. The first-order chi connectivity index (χ1) is 5.33. The molecule has 1 heterocycles. The highest BCUT2D eigenvalue weighted by Gasteiger charge is 1.88. The van der Waals surface area contributed by atoms with Gasteiger partial charge in [0, 0.05) is 18.3 Å². The molecule has 1 aromatic heterocycles. The Bertz CT molecular complexity index is 339. The summed E-state index contributed by atoms with van der Waals surface area (Å²) < 4.78 is 0.792. The number of aromatic nitrogens is 2. The molecule has 0 aromatic carbocycles. The van der Waals surface area contributed by atoms with Gasteiger partial charge in [-0.1, -0.05) is 0 Å². The van der Waals surface area contributed by atoms with Gasteiger partial charge in [-0.25, -0.2) is 9.97 Å². The lowest BCUT2D eigenvalue weighted by Crippen LogP contribution is -1.85. The third kappa shape index (κ3) is 2.37. The van der Waals surface area contributed by atoms with E-state index in [2.05, 4.69) is 37.7 Å². The summed E-state index contributed by atoms with van der Waals surface area (Å²) >= 11 is 3.18. The van der Waals surface area contributed by atoms with Crippen molar-refractivity contribution < 1.29 is 0 Å². The predicted molar refractivity (Wildman–Crippen MR) is 42.2 cm³/mol. The van der Waals surface area contributed by atoms with Crippen LogP contribution in [0.25, 0.3) is 0 Å². The van der Waals surface area contributed by atoms with E-state index < -0.39 is 0 Å². The van der Waals surface area contributed by atoms with Gasteiger partial charge in [-0.2, -0.15) is 5.26 Å². The minimum absolute atomic E-state index is 0.356. The fourth-order valence-electron chi connectivity index (χ4n) is 0.461. The van der Waals surface area contributed by atoms with Crippen molar-refractivity contribution in [1.82, 2.24) is 9.97 Å². The number of hydrogen-bond donors (Lipinski definition) is 0. The van der Waals surface area contributed by atoms with Gasteiger partial charge in [-0.3, -0.25) is 0 Å². The van der Waals surface area contributed by atoms with Crippen molar-refractivity contribution in [1.29, 1.82) is 5.26 Å². The van der Waals surface area contributed by atoms with Crippen LogP contribution in [0.15, 0.2) is 16.9 Å². The van der Waals surface area contributed by atoms with Crippen molar-refractivity contribution in [2.45, 2.75) is 0 Å². The van der Waals surface area contributed by atoms with Crippen molar-refractivity contribution in [2.24, 2.45) is 0 Å². The molecule has 0 atom stereocenters. The Balaban J connectivity index is 2.93. The molecular weight excluding hydrogens is 206 g/mol. The molecule has 3 nitrogen and oxygen atoms in total. The second-order valence-corrected chi connectivity index (χ2v) is 2.50. The highest BCUT2D eigenvalue weighted by molar-refractivity contribution is 9.10. The second kappa shape index (κ2) is 3.70. The quantitative estimate of drug-likeness (QED) is 0.600. The molecule has 1 aromatic rings. The second-order valence-electron chi connectivity index (χ2n) is 1.59. The molecule has 0 fully saturated rings. The summed E-state index contributed by atoms with van der Waals surface area (Å²) in [5.74, 6) is 5.02. The van der Waals surface area contributed by atoms with E-state index in [4.69, 9.17) is 5.26 Å². The van der Waals surface area contributed by atoms with E-state index in [1.165, 1.54) is 0 Å². The molecule has 0 aliphatic rings. The average molecular weight is 208 g/mol. The molecule has 0 amide bonds. The number of rotatable bonds is 0. The molecule has 0 aliphatic carbocycles. The Labute approximate surface area is 72.2 Å². The molecule has 0 N–H and O–H groups in total. The molecule has 0 saturated heterocycles. The maximum atomic E-state index is 8.09. The van der Waals surface area contributed by atoms with Crippen LogP contribution in [-0.4, -0.2) is 9.97 Å². The SMILES string of the molecule is N#CC#Cc1ncc(Br)cn1. The highest BCUT2D eigenvalue weighted by atomic mass is 79.9. The summed E-state index contributed by atoms with van der Waals surface area (Å²) in [6, 6.07) is 1.68. The van der Waals surface area contributed by atoms with Crippen LogP contribution in [0.4, 0.5) is 0 Å². The fraction of sp³-hybridized carbons (Fsp3) is 0. The summed E-state index contributed by atoms with van der Waals surface area (Å²) in [5, 5.41) is 8.09. The lowest BCUT2D eigenvalue weighted by molar-refractivity contribution is 1.11. The zero-order valence-corrected chi connectivity index (χ0v) is 6.96. The molecule has 4 heteroatoms. The summed E-state index contributed by atoms with van der Waals surface area (Å²) in [6.07, 6.45) is 3.16. The van der Waals surface area contributed by atoms with Crippen molar-refractivity contribution >= 4 is 15.9 Å². The Morgan fingerprint density at radius 2 is 2.00 bits per heavy atom. The molecule has 0 unspecified atom stereocenters. The summed E-state index contributed by atoms with van der Waals surface area (Å²) in [4.78, 5) is 7.67. The molecule has 52 valence electrons. The van der Waals surface area contributed by atoms with E-state index in [1.54, 1.807) is 18.5 Å². The van der Waals surface area contributed by atoms with E-state index in [0.717, 1.165) is 4.47 Å². The number of halogens is 1. The molecule has 0 radical (unpaired) electrons. The maximum Gasteiger partial charge on any atom is 0.205 e. The monoisotopic (exact) mass is 207 g/mol. The van der Waals surface area contributed by atoms with Crippen LogP contribution in [0, 0.1) is 23.2 Å². The van der Waals surface area contributed by atoms with Crippen LogP contribution >= 0.6 is 15.9 Å². The van der Waals surface area contributed by atoms with Gasteiger partial charge in [-0.15, -0.1) is 0 Å². The van der Waals surface area contributed by atoms with Crippen LogP contribution < -0.4 is 0 Å². The molecule has 0 spiro atoms. The smallest absolute Gasteiger partial charge is 0.205 e. The van der Waals surface area contributed by atoms with Crippen molar-refractivity contribution in [3.8, 4) is 17.9 Å². The van der Waals surface area contributed by atoms with Crippen LogP contribution in [0.3, 0.4) is 0 Å². The third-order valence-corrected chi connectivity index (χ3v) is 1.26. The first kappa shape index (κ1) is 7.71. The third-order valence-electron chi connectivity index (χ3n) is 0.851. The van der Waals surface area contributed by atoms with Crippen LogP contribution in [0.2, 0.25) is 0 Å². The predicted octanol–water partition coefficient (Wildman–Crippen LogP) is 1.11. The Morgan fingerprint density at radius 3 is 2.55 bits per heavy atom. The Hall–Kier alpha value is -1.39. The van der Waals surface area contributed by atoms with E-state index in [0.29, 0.717) is 5.82 Å². The number of nitriles is 1. The van der Waals surface area contributed by atoms with Gasteiger partial charge in [0.25, 0.3) is 0 Å². The molecule has 1 rings (SSSR count). The zero-order chi connectivity index (χ0) is 8.10. The van der Waals surface area contributed by atoms with E-state index in [1.807, 2.05) is 0 Å². The van der Waals surface area contributed by atoms with E-state index >= 15 is 0 Å². The molecule has 0 saturated carbocycles. The van der Waals surface area contributed by atoms with Crippen molar-refractivity contribution in [3.63, 3.8) is 0 Å². The Kier molecular flexibility index (Phi) is 2.59. The maximum absolute atomic E-state index is 8.09. The molecule has 11 heavy (non-hydrogen) atoms. The molecular formula is C7H2BrN3. The summed E-state index contributed by atoms with van der Waals surface area (Å²) in [6.45, 7) is 0. The fourth-order valence-corrected chi connectivity index (χ4v) is 0.665. The highest BCUT2D eigenvalue weighted by Crippen LogP contribution is 2.03. The average Bonchev–Trinajstić information content (AvgIpc) is 2.04. The minimum Gasteiger partial charge on any atom is -0.228 e. The van der Waals surface area contributed by atoms with Crippen LogP contribution in [0.5, 0.6) is 0 Å². The van der Waals surface area contributed by atoms with Gasteiger partial charge in [-0.05, 0) is 21.9 Å². The first-order valence-electron chi connectivity index (χ1n) is 2.70. The minimum atomic E-state index is 0.356.